The topological polar surface area (TPSA) is 40.6 Å². The molecule has 1 atom stereocenters. The van der Waals surface area contributed by atoms with Crippen LogP contribution < -0.4 is 0 Å². The van der Waals surface area contributed by atoms with Crippen molar-refractivity contribution in [3.05, 3.63) is 34.9 Å². The predicted octanol–water partition coefficient (Wildman–Crippen LogP) is 2.81. The highest BCUT2D eigenvalue weighted by Crippen LogP contribution is 2.23. The molecule has 2 heterocycles. The molecular weight excluding hydrogens is 300 g/mol. The van der Waals surface area contributed by atoms with Crippen LogP contribution in [0.2, 0.25) is 5.02 Å². The first-order valence-corrected chi connectivity index (χ1v) is 8.36. The van der Waals surface area contributed by atoms with Crippen LogP contribution in [0.3, 0.4) is 0 Å². The van der Waals surface area contributed by atoms with E-state index in [0.29, 0.717) is 17.1 Å². The Balaban J connectivity index is 1.65. The average molecular weight is 321 g/mol. The van der Waals surface area contributed by atoms with Crippen LogP contribution in [-0.2, 0) is 4.79 Å². The Kier molecular flexibility index (Phi) is 4.67. The molecule has 0 bridgehead atoms. The van der Waals surface area contributed by atoms with Crippen LogP contribution in [0.25, 0.3) is 0 Å². The average Bonchev–Trinajstić information content (AvgIpc) is 3.09. The van der Waals surface area contributed by atoms with Crippen molar-refractivity contribution in [2.24, 2.45) is 5.92 Å². The van der Waals surface area contributed by atoms with E-state index >= 15 is 0 Å². The monoisotopic (exact) mass is 320 g/mol. The Morgan fingerprint density at radius 1 is 0.955 bits per heavy atom. The molecule has 118 valence electrons. The van der Waals surface area contributed by atoms with Gasteiger partial charge in [-0.05, 0) is 49.9 Å². The summed E-state index contributed by atoms with van der Waals surface area (Å²) < 4.78 is 0. The molecule has 1 aromatic carbocycles. The van der Waals surface area contributed by atoms with Gasteiger partial charge in [-0.3, -0.25) is 9.59 Å². The summed E-state index contributed by atoms with van der Waals surface area (Å²) in [4.78, 5) is 28.8. The number of hydrogen-bond donors (Lipinski definition) is 0. The molecule has 2 aliphatic heterocycles. The van der Waals surface area contributed by atoms with Crippen LogP contribution in [0.15, 0.2) is 24.3 Å². The Labute approximate surface area is 136 Å². The minimum Gasteiger partial charge on any atom is -0.342 e. The molecule has 0 aliphatic carbocycles. The van der Waals surface area contributed by atoms with Gasteiger partial charge in [0, 0.05) is 36.8 Å². The van der Waals surface area contributed by atoms with Crippen LogP contribution in [-0.4, -0.2) is 47.8 Å². The number of amides is 2. The summed E-state index contributed by atoms with van der Waals surface area (Å²) in [5.74, 6) is 0.185. The molecule has 0 aromatic heterocycles. The van der Waals surface area contributed by atoms with Gasteiger partial charge in [0.25, 0.3) is 5.91 Å². The molecule has 2 fully saturated rings. The molecule has 22 heavy (non-hydrogen) atoms. The lowest BCUT2D eigenvalue weighted by atomic mass is 9.96. The van der Waals surface area contributed by atoms with E-state index in [1.165, 1.54) is 0 Å². The third-order valence-electron chi connectivity index (χ3n) is 4.57. The summed E-state index contributed by atoms with van der Waals surface area (Å²) in [6.45, 7) is 3.02. The normalized spacial score (nSPS) is 22.0. The van der Waals surface area contributed by atoms with E-state index in [2.05, 4.69) is 0 Å². The van der Waals surface area contributed by atoms with Gasteiger partial charge in [-0.15, -0.1) is 0 Å². The summed E-state index contributed by atoms with van der Waals surface area (Å²) in [5.41, 5.74) is 0.638. The maximum Gasteiger partial charge on any atom is 0.253 e. The zero-order valence-corrected chi connectivity index (χ0v) is 13.4. The third-order valence-corrected chi connectivity index (χ3v) is 4.82. The Hall–Kier alpha value is -1.55. The summed E-state index contributed by atoms with van der Waals surface area (Å²) in [7, 11) is 0. The quantitative estimate of drug-likeness (QED) is 0.840. The highest BCUT2D eigenvalue weighted by Gasteiger charge is 2.32. The van der Waals surface area contributed by atoms with E-state index in [1.54, 1.807) is 24.3 Å². The van der Waals surface area contributed by atoms with Crippen LogP contribution in [0.4, 0.5) is 0 Å². The number of halogens is 1. The second-order valence-corrected chi connectivity index (χ2v) is 6.57. The molecular formula is C17H21ClN2O2. The smallest absolute Gasteiger partial charge is 0.253 e. The van der Waals surface area contributed by atoms with Crippen molar-refractivity contribution in [2.45, 2.75) is 25.7 Å². The number of nitrogens with zero attached hydrogens (tertiary/aromatic N) is 2. The minimum atomic E-state index is -0.0388. The fourth-order valence-corrected chi connectivity index (χ4v) is 3.46. The van der Waals surface area contributed by atoms with Crippen molar-refractivity contribution < 1.29 is 9.59 Å². The zero-order valence-electron chi connectivity index (χ0n) is 12.6. The molecule has 3 rings (SSSR count). The van der Waals surface area contributed by atoms with Gasteiger partial charge in [0.15, 0.2) is 0 Å². The van der Waals surface area contributed by atoms with Crippen LogP contribution in [0, 0.1) is 5.92 Å². The van der Waals surface area contributed by atoms with Crippen molar-refractivity contribution in [1.29, 1.82) is 0 Å². The summed E-state index contributed by atoms with van der Waals surface area (Å²) in [6, 6.07) is 6.95. The Bertz CT molecular complexity index is 552. The molecule has 1 aromatic rings. The van der Waals surface area contributed by atoms with E-state index in [9.17, 15) is 9.59 Å². The van der Waals surface area contributed by atoms with E-state index in [0.717, 1.165) is 45.3 Å². The van der Waals surface area contributed by atoms with E-state index in [-0.39, 0.29) is 17.7 Å². The number of carbonyl (C=O) groups is 2. The van der Waals surface area contributed by atoms with Gasteiger partial charge in [0.05, 0.1) is 5.92 Å². The minimum absolute atomic E-state index is 0.00408. The maximum atomic E-state index is 12.6. The zero-order chi connectivity index (χ0) is 15.5. The fraction of sp³-hybridized carbons (Fsp3) is 0.529. The lowest BCUT2D eigenvalue weighted by molar-refractivity contribution is -0.135. The predicted molar refractivity (Wildman–Crippen MR) is 85.9 cm³/mol. The number of rotatable bonds is 2. The lowest BCUT2D eigenvalue weighted by Gasteiger charge is -2.34. The van der Waals surface area contributed by atoms with E-state index in [4.69, 9.17) is 11.6 Å². The Morgan fingerprint density at radius 2 is 1.59 bits per heavy atom. The molecule has 2 saturated heterocycles. The maximum absolute atomic E-state index is 12.6. The summed E-state index contributed by atoms with van der Waals surface area (Å²) in [5, 5.41) is 0.622. The van der Waals surface area contributed by atoms with Crippen molar-refractivity contribution in [3.63, 3.8) is 0 Å². The van der Waals surface area contributed by atoms with Gasteiger partial charge in [-0.2, -0.15) is 0 Å². The first-order valence-electron chi connectivity index (χ1n) is 7.99. The molecule has 0 saturated carbocycles. The van der Waals surface area contributed by atoms with Crippen molar-refractivity contribution in [3.8, 4) is 0 Å². The summed E-state index contributed by atoms with van der Waals surface area (Å²) >= 11 is 5.86. The van der Waals surface area contributed by atoms with Gasteiger partial charge in [0.1, 0.15) is 0 Å². The number of likely N-dealkylation sites (tertiary alicyclic amines) is 2. The van der Waals surface area contributed by atoms with Crippen LogP contribution >= 0.6 is 11.6 Å². The molecule has 2 amide bonds. The SMILES string of the molecule is O=C(c1ccc(Cl)cc1)N1CCC[C@H](C(=O)N2CCCC2)C1. The van der Waals surface area contributed by atoms with Gasteiger partial charge in [-0.1, -0.05) is 11.6 Å². The second kappa shape index (κ2) is 6.69. The molecule has 0 unspecified atom stereocenters. The Morgan fingerprint density at radius 3 is 2.27 bits per heavy atom. The highest BCUT2D eigenvalue weighted by molar-refractivity contribution is 6.30. The standard InChI is InChI=1S/C17H21ClN2O2/c18-15-7-5-13(6-8-15)16(21)20-11-3-4-14(12-20)17(22)19-9-1-2-10-19/h5-8,14H,1-4,9-12H2/t14-/m0/s1. The fourth-order valence-electron chi connectivity index (χ4n) is 3.33. The van der Waals surface area contributed by atoms with Crippen molar-refractivity contribution >= 4 is 23.4 Å². The van der Waals surface area contributed by atoms with Crippen LogP contribution in [0.5, 0.6) is 0 Å². The van der Waals surface area contributed by atoms with Gasteiger partial charge >= 0.3 is 0 Å². The third kappa shape index (κ3) is 3.27. The first kappa shape index (κ1) is 15.3. The number of hydrogen-bond acceptors (Lipinski definition) is 2. The largest absolute Gasteiger partial charge is 0.342 e. The highest BCUT2D eigenvalue weighted by atomic mass is 35.5. The second-order valence-electron chi connectivity index (χ2n) is 6.13. The first-order chi connectivity index (χ1) is 10.6. The lowest BCUT2D eigenvalue weighted by Crippen LogP contribution is -2.46. The molecule has 5 heteroatoms. The molecule has 2 aliphatic rings. The van der Waals surface area contributed by atoms with Crippen molar-refractivity contribution in [1.82, 2.24) is 9.80 Å². The molecule has 0 N–H and O–H groups in total. The number of benzene rings is 1. The van der Waals surface area contributed by atoms with Gasteiger partial charge in [0.2, 0.25) is 5.91 Å². The number of piperidine rings is 1. The van der Waals surface area contributed by atoms with Gasteiger partial charge in [-0.25, -0.2) is 0 Å². The van der Waals surface area contributed by atoms with Crippen LogP contribution in [0.1, 0.15) is 36.0 Å². The molecule has 0 radical (unpaired) electrons. The number of carbonyl (C=O) groups excluding carboxylic acids is 2. The molecule has 4 nitrogen and oxygen atoms in total. The van der Waals surface area contributed by atoms with Gasteiger partial charge < -0.3 is 9.80 Å². The van der Waals surface area contributed by atoms with E-state index < -0.39 is 0 Å². The summed E-state index contributed by atoms with van der Waals surface area (Å²) in [6.07, 6.45) is 3.99. The van der Waals surface area contributed by atoms with E-state index in [1.807, 2.05) is 9.80 Å². The van der Waals surface area contributed by atoms with Crippen molar-refractivity contribution in [2.75, 3.05) is 26.2 Å². The molecule has 0 spiro atoms.